The third-order valence-corrected chi connectivity index (χ3v) is 3.16. The molecule has 0 aromatic heterocycles. The summed E-state index contributed by atoms with van der Waals surface area (Å²) in [5.41, 5.74) is 0. The first kappa shape index (κ1) is 10.7. The molecule has 0 aromatic carbocycles. The van der Waals surface area contributed by atoms with Crippen molar-refractivity contribution in [2.75, 3.05) is 18.1 Å². The van der Waals surface area contributed by atoms with Crippen molar-refractivity contribution < 1.29 is 14.7 Å². The molecule has 0 bridgehead atoms. The van der Waals surface area contributed by atoms with Crippen LogP contribution in [0.5, 0.6) is 0 Å². The summed E-state index contributed by atoms with van der Waals surface area (Å²) in [7, 11) is 0. The molecule has 1 amide bonds. The maximum Gasteiger partial charge on any atom is 0.337 e. The van der Waals surface area contributed by atoms with E-state index in [9.17, 15) is 9.59 Å². The van der Waals surface area contributed by atoms with Crippen LogP contribution in [-0.4, -0.2) is 45.3 Å². The van der Waals surface area contributed by atoms with E-state index >= 15 is 0 Å². The number of thioether (sulfide) groups is 1. The van der Waals surface area contributed by atoms with E-state index < -0.39 is 11.3 Å². The highest BCUT2D eigenvalue weighted by Gasteiger charge is 2.33. The second-order valence-corrected chi connectivity index (χ2v) is 4.26. The van der Waals surface area contributed by atoms with Crippen LogP contribution in [0, 0.1) is 0 Å². The number of nitrogens with zero attached hydrogens (tertiary/aromatic N) is 1. The van der Waals surface area contributed by atoms with Crippen LogP contribution >= 0.6 is 24.4 Å². The predicted octanol–water partition coefficient (Wildman–Crippen LogP) is 0.292. The van der Waals surface area contributed by atoms with Gasteiger partial charge in [-0.2, -0.15) is 12.6 Å². The highest BCUT2D eigenvalue weighted by molar-refractivity contribution is 8.00. The Bertz CT molecular complexity index is 222. The number of carboxylic acid groups (broad SMARTS) is 1. The van der Waals surface area contributed by atoms with Crippen molar-refractivity contribution in [3.8, 4) is 0 Å². The van der Waals surface area contributed by atoms with Gasteiger partial charge < -0.3 is 10.0 Å². The van der Waals surface area contributed by atoms with Gasteiger partial charge in [-0.05, 0) is 5.75 Å². The molecule has 4 nitrogen and oxygen atoms in total. The Kier molecular flexibility index (Phi) is 3.92. The smallest absolute Gasteiger partial charge is 0.337 e. The average molecular weight is 221 g/mol. The number of carbonyl (C=O) groups is 2. The summed E-state index contributed by atoms with van der Waals surface area (Å²) in [6.45, 7) is 0.536. The van der Waals surface area contributed by atoms with E-state index in [4.69, 9.17) is 5.11 Å². The molecular weight excluding hydrogens is 210 g/mol. The van der Waals surface area contributed by atoms with Gasteiger partial charge in [0.2, 0.25) is 5.91 Å². The molecular formula is C7H11NO3S2. The second-order valence-electron chi connectivity index (χ2n) is 2.62. The number of amides is 1. The summed E-state index contributed by atoms with van der Waals surface area (Å²) in [5, 5.41) is 8.08. The molecule has 74 valence electrons. The molecule has 1 aliphatic rings. The highest BCUT2D eigenvalue weighted by Crippen LogP contribution is 2.24. The molecule has 0 radical (unpaired) electrons. The quantitative estimate of drug-likeness (QED) is 0.673. The summed E-state index contributed by atoms with van der Waals surface area (Å²) >= 11 is 5.23. The van der Waals surface area contributed by atoms with E-state index in [0.717, 1.165) is 0 Å². The van der Waals surface area contributed by atoms with Gasteiger partial charge in [0.25, 0.3) is 0 Å². The van der Waals surface area contributed by atoms with E-state index in [1.165, 1.54) is 16.7 Å². The molecule has 0 aromatic rings. The first-order chi connectivity index (χ1) is 6.16. The van der Waals surface area contributed by atoms with Crippen LogP contribution in [0.15, 0.2) is 0 Å². The topological polar surface area (TPSA) is 57.6 Å². The zero-order valence-electron chi connectivity index (χ0n) is 6.97. The van der Waals surface area contributed by atoms with Gasteiger partial charge in [0.05, 0.1) is 0 Å². The summed E-state index contributed by atoms with van der Waals surface area (Å²) in [5.74, 6) is 0.115. The van der Waals surface area contributed by atoms with Crippen molar-refractivity contribution in [3.63, 3.8) is 0 Å². The maximum atomic E-state index is 11.4. The lowest BCUT2D eigenvalue weighted by molar-refractivity contribution is -0.145. The van der Waals surface area contributed by atoms with Gasteiger partial charge in [0.1, 0.15) is 0 Å². The molecule has 0 spiro atoms. The monoisotopic (exact) mass is 221 g/mol. The minimum absolute atomic E-state index is 0.118. The SMILES string of the molecule is O=C(O)C1SCCN1C(=O)CCS. The number of aliphatic carboxylic acids is 1. The Morgan fingerprint density at radius 2 is 2.31 bits per heavy atom. The summed E-state index contributed by atoms with van der Waals surface area (Å²) in [6.07, 6.45) is 0.313. The lowest BCUT2D eigenvalue weighted by Gasteiger charge is -2.19. The van der Waals surface area contributed by atoms with Crippen LogP contribution < -0.4 is 0 Å². The summed E-state index contributed by atoms with van der Waals surface area (Å²) < 4.78 is 0. The number of carboxylic acids is 1. The molecule has 1 unspecified atom stereocenters. The Hall–Kier alpha value is -0.360. The van der Waals surface area contributed by atoms with Crippen LogP contribution in [0.2, 0.25) is 0 Å². The van der Waals surface area contributed by atoms with Gasteiger partial charge in [-0.1, -0.05) is 0 Å². The first-order valence-electron chi connectivity index (χ1n) is 3.91. The molecule has 1 N–H and O–H groups in total. The Balaban J connectivity index is 2.57. The average Bonchev–Trinajstić information content (AvgIpc) is 2.52. The molecule has 1 heterocycles. The number of thiol groups is 1. The van der Waals surface area contributed by atoms with Gasteiger partial charge in [-0.15, -0.1) is 11.8 Å². The fourth-order valence-corrected chi connectivity index (χ4v) is 2.43. The molecule has 6 heteroatoms. The zero-order valence-corrected chi connectivity index (χ0v) is 8.68. The second kappa shape index (κ2) is 4.76. The molecule has 1 rings (SSSR count). The van der Waals surface area contributed by atoms with E-state index in [0.29, 0.717) is 24.5 Å². The van der Waals surface area contributed by atoms with Crippen LogP contribution in [0.3, 0.4) is 0 Å². The Morgan fingerprint density at radius 3 is 2.85 bits per heavy atom. The first-order valence-corrected chi connectivity index (χ1v) is 5.59. The van der Waals surface area contributed by atoms with Gasteiger partial charge in [-0.25, -0.2) is 4.79 Å². The fourth-order valence-electron chi connectivity index (χ4n) is 1.17. The summed E-state index contributed by atoms with van der Waals surface area (Å²) in [4.78, 5) is 23.5. The van der Waals surface area contributed by atoms with Crippen molar-refractivity contribution in [2.24, 2.45) is 0 Å². The summed E-state index contributed by atoms with van der Waals surface area (Å²) in [6, 6.07) is 0. The van der Waals surface area contributed by atoms with E-state index in [1.54, 1.807) is 0 Å². The molecule has 1 saturated heterocycles. The molecule has 1 aliphatic heterocycles. The molecule has 13 heavy (non-hydrogen) atoms. The van der Waals surface area contributed by atoms with Gasteiger partial charge in [-0.3, -0.25) is 4.79 Å². The minimum atomic E-state index is -0.935. The Labute approximate surface area is 86.1 Å². The van der Waals surface area contributed by atoms with E-state index in [1.807, 2.05) is 0 Å². The molecule has 0 aliphatic carbocycles. The Morgan fingerprint density at radius 1 is 1.62 bits per heavy atom. The third kappa shape index (κ3) is 2.54. The van der Waals surface area contributed by atoms with Crippen LogP contribution in [0.1, 0.15) is 6.42 Å². The van der Waals surface area contributed by atoms with Gasteiger partial charge in [0, 0.05) is 18.7 Å². The standard InChI is InChI=1S/C7H11NO3S2/c9-5(1-3-12)8-2-4-13-6(8)7(10)11/h6,12H,1-4H2,(H,10,11). The minimum Gasteiger partial charge on any atom is -0.479 e. The lowest BCUT2D eigenvalue weighted by Crippen LogP contribution is -2.39. The molecule has 1 atom stereocenters. The van der Waals surface area contributed by atoms with Gasteiger partial charge in [0.15, 0.2) is 5.37 Å². The maximum absolute atomic E-state index is 11.4. The van der Waals surface area contributed by atoms with Crippen molar-refractivity contribution in [1.29, 1.82) is 0 Å². The lowest BCUT2D eigenvalue weighted by atomic mass is 10.4. The van der Waals surface area contributed by atoms with Crippen molar-refractivity contribution in [3.05, 3.63) is 0 Å². The molecule has 0 saturated carbocycles. The van der Waals surface area contributed by atoms with Crippen molar-refractivity contribution in [2.45, 2.75) is 11.8 Å². The normalized spacial score (nSPS) is 21.9. The van der Waals surface area contributed by atoms with Crippen LogP contribution in [0.4, 0.5) is 0 Å². The largest absolute Gasteiger partial charge is 0.479 e. The predicted molar refractivity (Wildman–Crippen MR) is 54.1 cm³/mol. The van der Waals surface area contributed by atoms with Crippen molar-refractivity contribution in [1.82, 2.24) is 4.90 Å². The van der Waals surface area contributed by atoms with Gasteiger partial charge >= 0.3 is 5.97 Å². The zero-order chi connectivity index (χ0) is 9.84. The molecule has 1 fully saturated rings. The van der Waals surface area contributed by atoms with Crippen LogP contribution in [-0.2, 0) is 9.59 Å². The van der Waals surface area contributed by atoms with E-state index in [-0.39, 0.29) is 5.91 Å². The number of rotatable bonds is 3. The number of hydrogen-bond acceptors (Lipinski definition) is 4. The highest BCUT2D eigenvalue weighted by atomic mass is 32.2. The fraction of sp³-hybridized carbons (Fsp3) is 0.714. The number of carbonyl (C=O) groups excluding carboxylic acids is 1. The third-order valence-electron chi connectivity index (χ3n) is 1.75. The van der Waals surface area contributed by atoms with E-state index in [2.05, 4.69) is 12.6 Å². The van der Waals surface area contributed by atoms with Crippen LogP contribution in [0.25, 0.3) is 0 Å². The number of hydrogen-bond donors (Lipinski definition) is 2. The van der Waals surface area contributed by atoms with Crippen molar-refractivity contribution >= 4 is 36.3 Å².